The molecule has 0 atom stereocenters. The van der Waals surface area contributed by atoms with Gasteiger partial charge in [-0.05, 0) is 64.5 Å². The van der Waals surface area contributed by atoms with E-state index in [9.17, 15) is 9.18 Å². The second-order valence-corrected chi connectivity index (χ2v) is 8.45. The smallest absolute Gasteiger partial charge is 0.264 e. The normalized spacial score (nSPS) is 15.8. The van der Waals surface area contributed by atoms with Gasteiger partial charge in [0.15, 0.2) is 5.17 Å². The highest BCUT2D eigenvalue weighted by molar-refractivity contribution is 8.18. The fraction of sp³-hybridized carbons (Fsp3) is 0.0370. The first kappa shape index (κ1) is 21.0. The largest absolute Gasteiger partial charge is 0.488 e. The van der Waals surface area contributed by atoms with Crippen LogP contribution in [0.1, 0.15) is 11.1 Å². The SMILES string of the molecule is O=C1NC(=Nc2ccc(F)cc2)S/C1=C/c1ccccc1OCc1cccc2ccccc12. The van der Waals surface area contributed by atoms with E-state index in [0.29, 0.717) is 28.1 Å². The number of amidine groups is 1. The fourth-order valence-electron chi connectivity index (χ4n) is 3.56. The van der Waals surface area contributed by atoms with Crippen molar-refractivity contribution < 1.29 is 13.9 Å². The Hall–Kier alpha value is -3.90. The third-order valence-electron chi connectivity index (χ3n) is 5.18. The van der Waals surface area contributed by atoms with Gasteiger partial charge in [0.25, 0.3) is 5.91 Å². The number of carbonyl (C=O) groups is 1. The monoisotopic (exact) mass is 454 g/mol. The number of ether oxygens (including phenoxy) is 1. The van der Waals surface area contributed by atoms with E-state index < -0.39 is 0 Å². The number of para-hydroxylation sites is 1. The molecule has 6 heteroatoms. The predicted octanol–water partition coefficient (Wildman–Crippen LogP) is 6.45. The zero-order valence-electron chi connectivity index (χ0n) is 17.5. The van der Waals surface area contributed by atoms with Gasteiger partial charge >= 0.3 is 0 Å². The van der Waals surface area contributed by atoms with Gasteiger partial charge in [-0.15, -0.1) is 0 Å². The minimum Gasteiger partial charge on any atom is -0.488 e. The molecule has 1 aliphatic heterocycles. The number of hydrogen-bond donors (Lipinski definition) is 1. The molecule has 0 spiro atoms. The van der Waals surface area contributed by atoms with Crippen molar-refractivity contribution in [1.29, 1.82) is 0 Å². The van der Waals surface area contributed by atoms with Gasteiger partial charge in [0.05, 0.1) is 10.6 Å². The van der Waals surface area contributed by atoms with Crippen molar-refractivity contribution in [3.63, 3.8) is 0 Å². The second-order valence-electron chi connectivity index (χ2n) is 7.42. The summed E-state index contributed by atoms with van der Waals surface area (Å²) < 4.78 is 19.3. The number of thioether (sulfide) groups is 1. The van der Waals surface area contributed by atoms with Gasteiger partial charge in [-0.1, -0.05) is 60.7 Å². The summed E-state index contributed by atoms with van der Waals surface area (Å²) in [5.74, 6) is 0.128. The van der Waals surface area contributed by atoms with Crippen LogP contribution in [-0.2, 0) is 11.4 Å². The third kappa shape index (κ3) is 4.81. The topological polar surface area (TPSA) is 50.7 Å². The molecule has 1 saturated heterocycles. The molecule has 5 rings (SSSR count). The van der Waals surface area contributed by atoms with E-state index in [1.165, 1.54) is 29.3 Å². The number of halogens is 1. The van der Waals surface area contributed by atoms with Crippen molar-refractivity contribution in [3.05, 3.63) is 113 Å². The summed E-state index contributed by atoms with van der Waals surface area (Å²) in [7, 11) is 0. The van der Waals surface area contributed by atoms with Crippen molar-refractivity contribution in [2.24, 2.45) is 4.99 Å². The van der Waals surface area contributed by atoms with Crippen LogP contribution >= 0.6 is 11.8 Å². The Bertz CT molecular complexity index is 1390. The average Bonchev–Trinajstić information content (AvgIpc) is 3.18. The Balaban J connectivity index is 1.36. The van der Waals surface area contributed by atoms with Crippen molar-refractivity contribution in [1.82, 2.24) is 5.32 Å². The molecular weight excluding hydrogens is 435 g/mol. The lowest BCUT2D eigenvalue weighted by atomic mass is 10.1. The maximum atomic E-state index is 13.1. The number of nitrogens with one attached hydrogen (secondary N) is 1. The van der Waals surface area contributed by atoms with E-state index in [2.05, 4.69) is 34.6 Å². The number of aliphatic imine (C=N–C) groups is 1. The molecule has 0 bridgehead atoms. The molecule has 1 fully saturated rings. The minimum atomic E-state index is -0.331. The molecule has 1 amide bonds. The van der Waals surface area contributed by atoms with Gasteiger partial charge in [0.2, 0.25) is 0 Å². The summed E-state index contributed by atoms with van der Waals surface area (Å²) in [4.78, 5) is 17.4. The van der Waals surface area contributed by atoms with Crippen LogP contribution in [-0.4, -0.2) is 11.1 Å². The number of hydrogen-bond acceptors (Lipinski definition) is 4. The van der Waals surface area contributed by atoms with E-state index in [0.717, 1.165) is 16.5 Å². The zero-order valence-corrected chi connectivity index (χ0v) is 18.3. The standard InChI is InChI=1S/C27H19FN2O2S/c28-21-12-14-22(15-13-21)29-27-30-26(31)25(33-27)16-19-7-2-4-11-24(19)32-17-20-9-5-8-18-6-1-3-10-23(18)20/h1-16H,17H2,(H,29,30,31)/b25-16+. The quantitative estimate of drug-likeness (QED) is 0.353. The second kappa shape index (κ2) is 9.30. The Kier molecular flexibility index (Phi) is 5.91. The first-order valence-corrected chi connectivity index (χ1v) is 11.2. The van der Waals surface area contributed by atoms with Crippen LogP contribution in [0.15, 0.2) is 101 Å². The maximum absolute atomic E-state index is 13.1. The first-order valence-electron chi connectivity index (χ1n) is 10.4. The van der Waals surface area contributed by atoms with Crippen molar-refractivity contribution in [2.45, 2.75) is 6.61 Å². The van der Waals surface area contributed by atoms with Crippen LogP contribution in [0, 0.1) is 5.82 Å². The molecule has 0 saturated carbocycles. The molecule has 162 valence electrons. The van der Waals surface area contributed by atoms with Crippen LogP contribution in [0.3, 0.4) is 0 Å². The Labute approximate surface area is 194 Å². The van der Waals surface area contributed by atoms with E-state index in [1.807, 2.05) is 42.5 Å². The predicted molar refractivity (Wildman–Crippen MR) is 132 cm³/mol. The van der Waals surface area contributed by atoms with Gasteiger partial charge in [-0.25, -0.2) is 9.38 Å². The van der Waals surface area contributed by atoms with Crippen LogP contribution in [0.5, 0.6) is 5.75 Å². The van der Waals surface area contributed by atoms with Gasteiger partial charge < -0.3 is 10.1 Å². The molecule has 1 heterocycles. The number of fused-ring (bicyclic) bond motifs is 1. The lowest BCUT2D eigenvalue weighted by Gasteiger charge is -2.11. The highest BCUT2D eigenvalue weighted by Crippen LogP contribution is 2.31. The maximum Gasteiger partial charge on any atom is 0.264 e. The van der Waals surface area contributed by atoms with E-state index in [-0.39, 0.29) is 11.7 Å². The number of rotatable bonds is 5. The van der Waals surface area contributed by atoms with E-state index >= 15 is 0 Å². The minimum absolute atomic E-state index is 0.232. The van der Waals surface area contributed by atoms with Crippen LogP contribution in [0.25, 0.3) is 16.8 Å². The summed E-state index contributed by atoms with van der Waals surface area (Å²) >= 11 is 1.24. The van der Waals surface area contributed by atoms with Crippen LogP contribution < -0.4 is 10.1 Å². The van der Waals surface area contributed by atoms with Gasteiger partial charge in [0.1, 0.15) is 18.2 Å². The Morgan fingerprint density at radius 2 is 1.67 bits per heavy atom. The fourth-order valence-corrected chi connectivity index (χ4v) is 4.39. The zero-order chi connectivity index (χ0) is 22.6. The summed E-state index contributed by atoms with van der Waals surface area (Å²) in [6.07, 6.45) is 1.80. The van der Waals surface area contributed by atoms with Crippen molar-refractivity contribution >= 4 is 45.4 Å². The average molecular weight is 455 g/mol. The summed E-state index contributed by atoms with van der Waals surface area (Å²) in [6, 6.07) is 27.8. The Morgan fingerprint density at radius 1 is 0.909 bits per heavy atom. The van der Waals surface area contributed by atoms with E-state index in [4.69, 9.17) is 4.74 Å². The molecule has 33 heavy (non-hydrogen) atoms. The first-order chi connectivity index (χ1) is 16.2. The molecule has 4 aromatic rings. The molecule has 1 aliphatic rings. The number of nitrogens with zero attached hydrogens (tertiary/aromatic N) is 1. The molecule has 0 unspecified atom stereocenters. The summed E-state index contributed by atoms with van der Waals surface area (Å²) in [6.45, 7) is 0.415. The molecule has 4 nitrogen and oxygen atoms in total. The van der Waals surface area contributed by atoms with Gasteiger partial charge in [0, 0.05) is 5.56 Å². The number of benzene rings is 4. The molecule has 4 aromatic carbocycles. The third-order valence-corrected chi connectivity index (χ3v) is 6.09. The number of amides is 1. The highest BCUT2D eigenvalue weighted by atomic mass is 32.2. The molecule has 0 aliphatic carbocycles. The van der Waals surface area contributed by atoms with Crippen LogP contribution in [0.2, 0.25) is 0 Å². The molecule has 1 N–H and O–H groups in total. The molecule has 0 aromatic heterocycles. The molecule has 0 radical (unpaired) electrons. The molecular formula is C27H19FN2O2S. The van der Waals surface area contributed by atoms with Crippen LogP contribution in [0.4, 0.5) is 10.1 Å². The number of carbonyl (C=O) groups excluding carboxylic acids is 1. The van der Waals surface area contributed by atoms with E-state index in [1.54, 1.807) is 18.2 Å². The summed E-state index contributed by atoms with van der Waals surface area (Å²) in [5.41, 5.74) is 2.47. The van der Waals surface area contributed by atoms with Crippen molar-refractivity contribution in [3.8, 4) is 5.75 Å². The van der Waals surface area contributed by atoms with Crippen molar-refractivity contribution in [2.75, 3.05) is 0 Å². The van der Waals surface area contributed by atoms with Gasteiger partial charge in [-0.3, -0.25) is 4.79 Å². The lowest BCUT2D eigenvalue weighted by molar-refractivity contribution is -0.115. The summed E-state index contributed by atoms with van der Waals surface area (Å²) in [5, 5.41) is 5.53. The Morgan fingerprint density at radius 3 is 2.55 bits per heavy atom. The highest BCUT2D eigenvalue weighted by Gasteiger charge is 2.24. The van der Waals surface area contributed by atoms with Gasteiger partial charge in [-0.2, -0.15) is 0 Å². The lowest BCUT2D eigenvalue weighted by Crippen LogP contribution is -2.19.